The van der Waals surface area contributed by atoms with Crippen LogP contribution in [0.5, 0.6) is 11.5 Å². The number of carbonyl (C=O) groups excluding carboxylic acids is 1. The number of hydrogen-bond acceptors (Lipinski definition) is 7. The second-order valence-electron chi connectivity index (χ2n) is 5.32. The lowest BCUT2D eigenvalue weighted by molar-refractivity contribution is -0.165. The average Bonchev–Trinajstić information content (AvgIpc) is 2.59. The molecule has 0 radical (unpaired) electrons. The summed E-state index contributed by atoms with van der Waals surface area (Å²) in [6, 6.07) is 5.02. The zero-order chi connectivity index (χ0) is 17.2. The predicted molar refractivity (Wildman–Crippen MR) is 88.0 cm³/mol. The van der Waals surface area contributed by atoms with E-state index >= 15 is 0 Å². The van der Waals surface area contributed by atoms with Crippen LogP contribution in [0, 0.1) is 0 Å². The van der Waals surface area contributed by atoms with Gasteiger partial charge in [-0.3, -0.25) is 0 Å². The van der Waals surface area contributed by atoms with Gasteiger partial charge < -0.3 is 29.4 Å². The van der Waals surface area contributed by atoms with Crippen LogP contribution in [0.3, 0.4) is 0 Å². The van der Waals surface area contributed by atoms with Crippen LogP contribution in [0.4, 0.5) is 5.69 Å². The van der Waals surface area contributed by atoms with Crippen LogP contribution < -0.4 is 15.2 Å². The van der Waals surface area contributed by atoms with Gasteiger partial charge in [0.2, 0.25) is 0 Å². The fraction of sp³-hybridized carbons (Fsp3) is 0.588. The van der Waals surface area contributed by atoms with Gasteiger partial charge in [0.1, 0.15) is 6.61 Å². The molecule has 7 heteroatoms. The van der Waals surface area contributed by atoms with E-state index in [9.17, 15) is 4.79 Å². The van der Waals surface area contributed by atoms with Gasteiger partial charge in [-0.15, -0.1) is 0 Å². The summed E-state index contributed by atoms with van der Waals surface area (Å²) in [7, 11) is 0. The van der Waals surface area contributed by atoms with Crippen LogP contribution in [0.15, 0.2) is 18.2 Å². The van der Waals surface area contributed by atoms with Crippen molar-refractivity contribution < 1.29 is 28.5 Å². The largest absolute Gasteiger partial charge is 0.487 e. The molecule has 1 saturated heterocycles. The van der Waals surface area contributed by atoms with Crippen molar-refractivity contribution in [1.29, 1.82) is 0 Å². The molecule has 134 valence electrons. The summed E-state index contributed by atoms with van der Waals surface area (Å²) in [5.41, 5.74) is 6.27. The summed E-state index contributed by atoms with van der Waals surface area (Å²) < 4.78 is 27.0. The van der Waals surface area contributed by atoms with E-state index in [0.717, 1.165) is 25.9 Å². The Morgan fingerprint density at radius 1 is 1.25 bits per heavy atom. The average molecular weight is 339 g/mol. The lowest BCUT2D eigenvalue weighted by Gasteiger charge is -2.22. The van der Waals surface area contributed by atoms with Gasteiger partial charge in [0.15, 0.2) is 24.4 Å². The summed E-state index contributed by atoms with van der Waals surface area (Å²) in [6.45, 7) is 3.35. The van der Waals surface area contributed by atoms with E-state index in [1.165, 1.54) is 0 Å². The maximum atomic E-state index is 11.4. The van der Waals surface area contributed by atoms with Crippen LogP contribution in [-0.2, 0) is 19.0 Å². The summed E-state index contributed by atoms with van der Waals surface area (Å²) >= 11 is 0. The Morgan fingerprint density at radius 3 is 2.88 bits per heavy atom. The third-order valence-corrected chi connectivity index (χ3v) is 3.40. The predicted octanol–water partition coefficient (Wildman–Crippen LogP) is 2.13. The molecule has 1 aliphatic rings. The van der Waals surface area contributed by atoms with Crippen molar-refractivity contribution in [3.05, 3.63) is 18.2 Å². The van der Waals surface area contributed by atoms with Crippen LogP contribution in [0.25, 0.3) is 0 Å². The van der Waals surface area contributed by atoms with Gasteiger partial charge in [-0.1, -0.05) is 0 Å². The van der Waals surface area contributed by atoms with Gasteiger partial charge in [-0.25, -0.2) is 4.79 Å². The van der Waals surface area contributed by atoms with Gasteiger partial charge in [-0.2, -0.15) is 0 Å². The van der Waals surface area contributed by atoms with Crippen molar-refractivity contribution in [2.45, 2.75) is 32.5 Å². The van der Waals surface area contributed by atoms with Crippen molar-refractivity contribution in [2.24, 2.45) is 0 Å². The Labute approximate surface area is 142 Å². The van der Waals surface area contributed by atoms with E-state index in [4.69, 9.17) is 29.4 Å². The molecule has 1 aromatic rings. The molecule has 0 aromatic heterocycles. The highest BCUT2D eigenvalue weighted by atomic mass is 16.7. The van der Waals surface area contributed by atoms with Gasteiger partial charge in [0.25, 0.3) is 0 Å². The Hall–Kier alpha value is -1.99. The number of nitrogen functional groups attached to an aromatic ring is 1. The van der Waals surface area contributed by atoms with Crippen molar-refractivity contribution in [2.75, 3.05) is 38.8 Å². The summed E-state index contributed by atoms with van der Waals surface area (Å²) in [5, 5.41) is 0. The molecule has 2 rings (SSSR count). The Balaban J connectivity index is 1.79. The number of carbonyl (C=O) groups is 1. The number of rotatable bonds is 9. The van der Waals surface area contributed by atoms with Crippen molar-refractivity contribution in [3.8, 4) is 11.5 Å². The molecule has 0 saturated carbocycles. The lowest BCUT2D eigenvalue weighted by Crippen LogP contribution is -2.24. The van der Waals surface area contributed by atoms with Crippen LogP contribution in [0.2, 0.25) is 0 Å². The standard InChI is InChI=1S/C17H25NO6/c1-2-20-16(19)12-24-15-11-13(18)6-7-14(15)21-9-10-23-17-5-3-4-8-22-17/h6-7,11,17H,2-5,8-10,12,18H2,1H3. The van der Waals surface area contributed by atoms with Crippen LogP contribution in [-0.4, -0.2) is 45.3 Å². The molecule has 1 atom stereocenters. The molecule has 0 aliphatic carbocycles. The third-order valence-electron chi connectivity index (χ3n) is 3.40. The van der Waals surface area contributed by atoms with E-state index in [0.29, 0.717) is 37.0 Å². The minimum atomic E-state index is -0.441. The number of ether oxygens (including phenoxy) is 5. The first-order chi connectivity index (χ1) is 11.7. The maximum absolute atomic E-state index is 11.4. The number of esters is 1. The highest BCUT2D eigenvalue weighted by molar-refractivity contribution is 5.71. The van der Waals surface area contributed by atoms with Crippen molar-refractivity contribution in [3.63, 3.8) is 0 Å². The molecule has 1 aromatic carbocycles. The molecule has 24 heavy (non-hydrogen) atoms. The molecule has 2 N–H and O–H groups in total. The zero-order valence-electron chi connectivity index (χ0n) is 14.0. The minimum Gasteiger partial charge on any atom is -0.487 e. The zero-order valence-corrected chi connectivity index (χ0v) is 14.0. The molecule has 1 heterocycles. The van der Waals surface area contributed by atoms with Crippen molar-refractivity contribution >= 4 is 11.7 Å². The second kappa shape index (κ2) is 10.00. The van der Waals surface area contributed by atoms with Gasteiger partial charge in [-0.05, 0) is 38.3 Å². The number of hydrogen-bond donors (Lipinski definition) is 1. The first-order valence-electron chi connectivity index (χ1n) is 8.23. The Kier molecular flexibility index (Phi) is 7.64. The van der Waals surface area contributed by atoms with Crippen LogP contribution in [0.1, 0.15) is 26.2 Å². The smallest absolute Gasteiger partial charge is 0.344 e. The van der Waals surface area contributed by atoms with E-state index in [1.54, 1.807) is 25.1 Å². The summed E-state index contributed by atoms with van der Waals surface area (Å²) in [6.07, 6.45) is 2.97. The van der Waals surface area contributed by atoms with E-state index in [2.05, 4.69) is 0 Å². The Morgan fingerprint density at radius 2 is 2.12 bits per heavy atom. The SMILES string of the molecule is CCOC(=O)COc1cc(N)ccc1OCCOC1CCCCO1. The van der Waals surface area contributed by atoms with Gasteiger partial charge in [0, 0.05) is 18.4 Å². The fourth-order valence-corrected chi connectivity index (χ4v) is 2.27. The second-order valence-corrected chi connectivity index (χ2v) is 5.32. The van der Waals surface area contributed by atoms with Crippen LogP contribution >= 0.6 is 0 Å². The summed E-state index contributed by atoms with van der Waals surface area (Å²) in [4.78, 5) is 11.4. The molecule has 7 nitrogen and oxygen atoms in total. The van der Waals surface area contributed by atoms with Gasteiger partial charge in [0.05, 0.1) is 13.2 Å². The number of nitrogens with two attached hydrogens (primary N) is 1. The molecule has 0 amide bonds. The minimum absolute atomic E-state index is 0.145. The molecule has 0 bridgehead atoms. The number of benzene rings is 1. The quantitative estimate of drug-likeness (QED) is 0.419. The molecule has 0 spiro atoms. The highest BCUT2D eigenvalue weighted by Crippen LogP contribution is 2.29. The normalized spacial score (nSPS) is 17.3. The Bertz CT molecular complexity index is 516. The third kappa shape index (κ3) is 6.25. The first kappa shape index (κ1) is 18.4. The van der Waals surface area contributed by atoms with Gasteiger partial charge >= 0.3 is 5.97 Å². The molecule has 1 aliphatic heterocycles. The lowest BCUT2D eigenvalue weighted by atomic mass is 10.2. The monoisotopic (exact) mass is 339 g/mol. The topological polar surface area (TPSA) is 89.2 Å². The molecule has 1 unspecified atom stereocenters. The number of anilines is 1. The van der Waals surface area contributed by atoms with E-state index in [-0.39, 0.29) is 12.9 Å². The molecular weight excluding hydrogens is 314 g/mol. The van der Waals surface area contributed by atoms with E-state index in [1.807, 2.05) is 0 Å². The van der Waals surface area contributed by atoms with Crippen molar-refractivity contribution in [1.82, 2.24) is 0 Å². The van der Waals surface area contributed by atoms with E-state index < -0.39 is 5.97 Å². The first-order valence-corrected chi connectivity index (χ1v) is 8.23. The molecular formula is C17H25NO6. The summed E-state index contributed by atoms with van der Waals surface area (Å²) in [5.74, 6) is 0.460. The fourth-order valence-electron chi connectivity index (χ4n) is 2.27. The maximum Gasteiger partial charge on any atom is 0.344 e. The highest BCUT2D eigenvalue weighted by Gasteiger charge is 2.14. The molecule has 1 fully saturated rings.